The van der Waals surface area contributed by atoms with Crippen molar-refractivity contribution < 1.29 is 23.8 Å². The highest BCUT2D eigenvalue weighted by molar-refractivity contribution is 5.89. The van der Waals surface area contributed by atoms with E-state index in [2.05, 4.69) is 5.32 Å². The second-order valence-electron chi connectivity index (χ2n) is 5.55. The van der Waals surface area contributed by atoms with Crippen LogP contribution in [0.15, 0.2) is 24.3 Å². The number of carbonyl (C=O) groups is 2. The molecule has 1 N–H and O–H groups in total. The van der Waals surface area contributed by atoms with Crippen molar-refractivity contribution in [2.45, 2.75) is 51.4 Å². The Morgan fingerprint density at radius 1 is 1.09 bits per heavy atom. The van der Waals surface area contributed by atoms with Crippen molar-refractivity contribution in [3.63, 3.8) is 0 Å². The van der Waals surface area contributed by atoms with Gasteiger partial charge in [-0.05, 0) is 49.9 Å². The van der Waals surface area contributed by atoms with Gasteiger partial charge in [0.2, 0.25) is 6.29 Å². The number of ether oxygens (including phenoxy) is 3. The molecule has 0 heterocycles. The average Bonchev–Trinajstić information content (AvgIpc) is 2.55. The first-order chi connectivity index (χ1) is 11.1. The van der Waals surface area contributed by atoms with Crippen LogP contribution in [0.25, 0.3) is 0 Å². The Morgan fingerprint density at radius 3 is 2.35 bits per heavy atom. The van der Waals surface area contributed by atoms with Gasteiger partial charge in [0.25, 0.3) is 0 Å². The van der Waals surface area contributed by atoms with E-state index in [1.165, 1.54) is 13.3 Å². The number of benzene rings is 1. The SMILES string of the molecule is CNc1ccc(C(=O)OC(C)OC(=O)OC2CCCCC2)cc1. The van der Waals surface area contributed by atoms with Crippen LogP contribution in [0.4, 0.5) is 10.5 Å². The molecule has 0 radical (unpaired) electrons. The molecule has 0 aliphatic heterocycles. The predicted molar refractivity (Wildman–Crippen MR) is 85.3 cm³/mol. The standard InChI is InChI=1S/C17H23NO5/c1-12(22-17(20)23-15-6-4-3-5-7-15)21-16(19)13-8-10-14(18-2)11-9-13/h8-12,15,18H,3-7H2,1-2H3. The van der Waals surface area contributed by atoms with Gasteiger partial charge in [0, 0.05) is 19.7 Å². The maximum Gasteiger partial charge on any atom is 0.511 e. The monoisotopic (exact) mass is 321 g/mol. The summed E-state index contributed by atoms with van der Waals surface area (Å²) >= 11 is 0. The largest absolute Gasteiger partial charge is 0.511 e. The number of anilines is 1. The third kappa shape index (κ3) is 5.47. The summed E-state index contributed by atoms with van der Waals surface area (Å²) in [6.45, 7) is 1.49. The van der Waals surface area contributed by atoms with Crippen LogP contribution >= 0.6 is 0 Å². The van der Waals surface area contributed by atoms with Crippen molar-refractivity contribution in [1.29, 1.82) is 0 Å². The molecule has 0 spiro atoms. The van der Waals surface area contributed by atoms with Gasteiger partial charge in [-0.3, -0.25) is 0 Å². The molecule has 1 atom stereocenters. The van der Waals surface area contributed by atoms with Crippen molar-refractivity contribution >= 4 is 17.8 Å². The summed E-state index contributed by atoms with van der Waals surface area (Å²) in [6, 6.07) is 6.81. The van der Waals surface area contributed by atoms with Crippen molar-refractivity contribution in [3.8, 4) is 0 Å². The van der Waals surface area contributed by atoms with Gasteiger partial charge in [0.05, 0.1) is 5.56 Å². The smallest absolute Gasteiger partial charge is 0.431 e. The summed E-state index contributed by atoms with van der Waals surface area (Å²) in [5, 5.41) is 2.96. The highest BCUT2D eigenvalue weighted by Crippen LogP contribution is 2.21. The summed E-state index contributed by atoms with van der Waals surface area (Å²) in [5.41, 5.74) is 1.28. The van der Waals surface area contributed by atoms with Gasteiger partial charge in [0.15, 0.2) is 0 Å². The topological polar surface area (TPSA) is 73.9 Å². The minimum absolute atomic E-state index is 0.0896. The van der Waals surface area contributed by atoms with Gasteiger partial charge < -0.3 is 19.5 Å². The molecule has 1 unspecified atom stereocenters. The minimum atomic E-state index is -0.998. The first-order valence-corrected chi connectivity index (χ1v) is 7.94. The summed E-state index contributed by atoms with van der Waals surface area (Å²) in [4.78, 5) is 23.6. The lowest BCUT2D eigenvalue weighted by molar-refractivity contribution is -0.0914. The first-order valence-electron chi connectivity index (χ1n) is 7.94. The van der Waals surface area contributed by atoms with E-state index in [0.29, 0.717) is 5.56 Å². The Balaban J connectivity index is 1.77. The molecule has 1 aliphatic carbocycles. The van der Waals surface area contributed by atoms with Crippen LogP contribution < -0.4 is 5.32 Å². The van der Waals surface area contributed by atoms with Gasteiger partial charge in [-0.2, -0.15) is 0 Å². The highest BCUT2D eigenvalue weighted by Gasteiger charge is 2.21. The Kier molecular flexibility index (Phi) is 6.26. The third-order valence-corrected chi connectivity index (χ3v) is 3.76. The predicted octanol–water partition coefficient (Wildman–Crippen LogP) is 3.72. The van der Waals surface area contributed by atoms with Crippen LogP contribution in [0.5, 0.6) is 0 Å². The summed E-state index contributed by atoms with van der Waals surface area (Å²) in [7, 11) is 1.79. The van der Waals surface area contributed by atoms with Crippen molar-refractivity contribution in [2.24, 2.45) is 0 Å². The fraction of sp³-hybridized carbons (Fsp3) is 0.529. The van der Waals surface area contributed by atoms with Crippen LogP contribution in [0.1, 0.15) is 49.4 Å². The zero-order valence-electron chi connectivity index (χ0n) is 13.5. The minimum Gasteiger partial charge on any atom is -0.431 e. The van der Waals surface area contributed by atoms with Crippen molar-refractivity contribution in [1.82, 2.24) is 0 Å². The number of carbonyl (C=O) groups excluding carboxylic acids is 2. The summed E-state index contributed by atoms with van der Waals surface area (Å²) in [5.74, 6) is -0.550. The Hall–Kier alpha value is -2.24. The number of esters is 1. The van der Waals surface area contributed by atoms with Gasteiger partial charge in [-0.15, -0.1) is 0 Å². The zero-order valence-corrected chi connectivity index (χ0v) is 13.5. The number of nitrogens with one attached hydrogen (secondary N) is 1. The van der Waals surface area contributed by atoms with Crippen LogP contribution in [0.3, 0.4) is 0 Å². The van der Waals surface area contributed by atoms with E-state index in [1.54, 1.807) is 31.3 Å². The first kappa shape index (κ1) is 17.1. The van der Waals surface area contributed by atoms with Gasteiger partial charge >= 0.3 is 12.1 Å². The van der Waals surface area contributed by atoms with E-state index in [0.717, 1.165) is 31.4 Å². The van der Waals surface area contributed by atoms with E-state index in [-0.39, 0.29) is 6.10 Å². The Bertz CT molecular complexity index is 522. The molecule has 1 aromatic carbocycles. The van der Waals surface area contributed by atoms with Crippen LogP contribution in [-0.4, -0.2) is 31.6 Å². The average molecular weight is 321 g/mol. The van der Waals surface area contributed by atoms with Crippen LogP contribution in [-0.2, 0) is 14.2 Å². The normalized spacial score (nSPS) is 16.3. The molecule has 6 nitrogen and oxygen atoms in total. The lowest BCUT2D eigenvalue weighted by atomic mass is 9.98. The van der Waals surface area contributed by atoms with Gasteiger partial charge in [-0.1, -0.05) is 6.42 Å². The molecule has 6 heteroatoms. The second kappa shape index (κ2) is 8.41. The molecule has 1 aliphatic rings. The third-order valence-electron chi connectivity index (χ3n) is 3.76. The summed E-state index contributed by atoms with van der Waals surface area (Å²) < 4.78 is 15.3. The van der Waals surface area contributed by atoms with Crippen molar-refractivity contribution in [2.75, 3.05) is 12.4 Å². The Morgan fingerprint density at radius 2 is 1.74 bits per heavy atom. The maximum absolute atomic E-state index is 12.0. The molecule has 0 amide bonds. The van der Waals surface area contributed by atoms with Crippen LogP contribution in [0.2, 0.25) is 0 Å². The van der Waals surface area contributed by atoms with E-state index >= 15 is 0 Å². The molecule has 2 rings (SSSR count). The van der Waals surface area contributed by atoms with Gasteiger partial charge in [0.1, 0.15) is 6.10 Å². The molecule has 0 bridgehead atoms. The fourth-order valence-electron chi connectivity index (χ4n) is 2.50. The highest BCUT2D eigenvalue weighted by atomic mass is 16.8. The number of hydrogen-bond acceptors (Lipinski definition) is 6. The molecule has 23 heavy (non-hydrogen) atoms. The maximum atomic E-state index is 12.0. The van der Waals surface area contributed by atoms with E-state index < -0.39 is 18.4 Å². The fourth-order valence-corrected chi connectivity index (χ4v) is 2.50. The molecule has 1 saturated carbocycles. The molecule has 0 aromatic heterocycles. The lowest BCUT2D eigenvalue weighted by Crippen LogP contribution is -2.26. The Labute approximate surface area is 136 Å². The molecular weight excluding hydrogens is 298 g/mol. The number of rotatable bonds is 5. The molecule has 0 saturated heterocycles. The van der Waals surface area contributed by atoms with E-state index in [1.807, 2.05) is 0 Å². The molecule has 1 aromatic rings. The van der Waals surface area contributed by atoms with E-state index in [9.17, 15) is 9.59 Å². The zero-order chi connectivity index (χ0) is 16.7. The number of hydrogen-bond donors (Lipinski definition) is 1. The quantitative estimate of drug-likeness (QED) is 0.658. The van der Waals surface area contributed by atoms with Crippen LogP contribution in [0, 0.1) is 0 Å². The molecule has 1 fully saturated rings. The molecule has 126 valence electrons. The van der Waals surface area contributed by atoms with Gasteiger partial charge in [-0.25, -0.2) is 9.59 Å². The van der Waals surface area contributed by atoms with E-state index in [4.69, 9.17) is 14.2 Å². The summed E-state index contributed by atoms with van der Waals surface area (Å²) in [6.07, 6.45) is 3.15. The molecular formula is C17H23NO5. The second-order valence-corrected chi connectivity index (χ2v) is 5.55. The lowest BCUT2D eigenvalue weighted by Gasteiger charge is -2.22. The van der Waals surface area contributed by atoms with Crippen molar-refractivity contribution in [3.05, 3.63) is 29.8 Å².